The van der Waals surface area contributed by atoms with Gasteiger partial charge >= 0.3 is 5.97 Å². The fourth-order valence-electron chi connectivity index (χ4n) is 1.54. The maximum Gasteiger partial charge on any atom is 0.321 e. The van der Waals surface area contributed by atoms with Crippen LogP contribution in [0.25, 0.3) is 0 Å². The van der Waals surface area contributed by atoms with Gasteiger partial charge in [-0.3, -0.25) is 4.79 Å². The van der Waals surface area contributed by atoms with Gasteiger partial charge in [0, 0.05) is 6.54 Å². The number of benzene rings is 1. The Kier molecular flexibility index (Phi) is 5.44. The third-order valence-corrected chi connectivity index (χ3v) is 4.34. The van der Waals surface area contributed by atoms with E-state index in [9.17, 15) is 17.6 Å². The molecular formula is C12H16FNO4S. The summed E-state index contributed by atoms with van der Waals surface area (Å²) < 4.78 is 43.5. The first kappa shape index (κ1) is 15.6. The summed E-state index contributed by atoms with van der Waals surface area (Å²) in [4.78, 5) is 10.8. The molecule has 0 heterocycles. The van der Waals surface area contributed by atoms with Crippen LogP contribution in [0, 0.1) is 5.82 Å². The van der Waals surface area contributed by atoms with Crippen molar-refractivity contribution in [2.24, 2.45) is 0 Å². The maximum absolute atomic E-state index is 13.6. The Morgan fingerprint density at radius 3 is 2.53 bits per heavy atom. The van der Waals surface area contributed by atoms with E-state index in [2.05, 4.69) is 4.74 Å². The summed E-state index contributed by atoms with van der Waals surface area (Å²) >= 11 is 0. The molecule has 0 N–H and O–H groups in total. The van der Waals surface area contributed by atoms with Crippen molar-refractivity contribution in [2.75, 3.05) is 20.2 Å². The van der Waals surface area contributed by atoms with E-state index in [1.807, 2.05) is 0 Å². The fraction of sp³-hybridized carbons (Fsp3) is 0.417. The molecule has 0 aliphatic carbocycles. The zero-order valence-electron chi connectivity index (χ0n) is 10.8. The van der Waals surface area contributed by atoms with Gasteiger partial charge in [-0.05, 0) is 18.6 Å². The van der Waals surface area contributed by atoms with E-state index in [4.69, 9.17) is 0 Å². The van der Waals surface area contributed by atoms with Gasteiger partial charge in [0.1, 0.15) is 17.3 Å². The fourth-order valence-corrected chi connectivity index (χ4v) is 3.08. The van der Waals surface area contributed by atoms with Crippen LogP contribution in [0.1, 0.15) is 13.3 Å². The van der Waals surface area contributed by atoms with Gasteiger partial charge in [-0.2, -0.15) is 4.31 Å². The van der Waals surface area contributed by atoms with Gasteiger partial charge in [-0.25, -0.2) is 12.8 Å². The van der Waals surface area contributed by atoms with Crippen LogP contribution in [0.3, 0.4) is 0 Å². The second-order valence-corrected chi connectivity index (χ2v) is 5.75. The van der Waals surface area contributed by atoms with Crippen LogP contribution in [0.2, 0.25) is 0 Å². The molecule has 1 rings (SSSR count). The number of carbonyl (C=O) groups is 1. The average Bonchev–Trinajstić information content (AvgIpc) is 2.38. The van der Waals surface area contributed by atoms with E-state index in [1.165, 1.54) is 25.3 Å². The normalized spacial score (nSPS) is 11.6. The number of rotatable bonds is 6. The topological polar surface area (TPSA) is 63.7 Å². The van der Waals surface area contributed by atoms with E-state index in [0.29, 0.717) is 6.42 Å². The van der Waals surface area contributed by atoms with Gasteiger partial charge in [0.05, 0.1) is 7.11 Å². The predicted molar refractivity (Wildman–Crippen MR) is 67.5 cm³/mol. The molecule has 0 saturated heterocycles. The molecule has 1 aromatic rings. The zero-order chi connectivity index (χ0) is 14.5. The van der Waals surface area contributed by atoms with Gasteiger partial charge in [-0.15, -0.1) is 0 Å². The van der Waals surface area contributed by atoms with Crippen LogP contribution in [0.4, 0.5) is 4.39 Å². The minimum Gasteiger partial charge on any atom is -0.468 e. The highest BCUT2D eigenvalue weighted by Crippen LogP contribution is 2.19. The highest BCUT2D eigenvalue weighted by molar-refractivity contribution is 7.89. The Labute approximate surface area is 112 Å². The number of sulfonamides is 1. The highest BCUT2D eigenvalue weighted by Gasteiger charge is 2.28. The number of hydrogen-bond acceptors (Lipinski definition) is 4. The van der Waals surface area contributed by atoms with Crippen molar-refractivity contribution in [3.63, 3.8) is 0 Å². The molecule has 0 fully saturated rings. The van der Waals surface area contributed by atoms with E-state index < -0.39 is 33.3 Å². The van der Waals surface area contributed by atoms with Crippen molar-refractivity contribution in [3.05, 3.63) is 30.1 Å². The van der Waals surface area contributed by atoms with Gasteiger partial charge in [0.25, 0.3) is 0 Å². The molecule has 0 spiro atoms. The number of carbonyl (C=O) groups excluding carboxylic acids is 1. The lowest BCUT2D eigenvalue weighted by Gasteiger charge is -2.20. The van der Waals surface area contributed by atoms with E-state index >= 15 is 0 Å². The van der Waals surface area contributed by atoms with Crippen LogP contribution < -0.4 is 0 Å². The number of halogens is 1. The third-order valence-electron chi connectivity index (χ3n) is 2.46. The van der Waals surface area contributed by atoms with Crippen LogP contribution in [-0.2, 0) is 19.6 Å². The number of methoxy groups -OCH3 is 1. The monoisotopic (exact) mass is 289 g/mol. The molecule has 19 heavy (non-hydrogen) atoms. The molecule has 7 heteroatoms. The number of nitrogens with zero attached hydrogens (tertiary/aromatic N) is 1. The van der Waals surface area contributed by atoms with Gasteiger partial charge in [-0.1, -0.05) is 19.1 Å². The summed E-state index contributed by atoms with van der Waals surface area (Å²) in [6.07, 6.45) is 0.505. The summed E-state index contributed by atoms with van der Waals surface area (Å²) in [6.45, 7) is 1.45. The predicted octanol–water partition coefficient (Wildman–Crippen LogP) is 1.40. The first-order chi connectivity index (χ1) is 8.93. The average molecular weight is 289 g/mol. The standard InChI is InChI=1S/C12H16FNO4S/c1-3-8-14(9-12(15)18-2)19(16,17)11-7-5-4-6-10(11)13/h4-7H,3,8-9H2,1-2H3. The molecule has 0 bridgehead atoms. The van der Waals surface area contributed by atoms with Crippen molar-refractivity contribution in [3.8, 4) is 0 Å². The Morgan fingerprint density at radius 2 is 2.00 bits per heavy atom. The van der Waals surface area contributed by atoms with Gasteiger partial charge < -0.3 is 4.74 Å². The minimum atomic E-state index is -4.04. The molecular weight excluding hydrogens is 273 g/mol. The van der Waals surface area contributed by atoms with Crippen LogP contribution >= 0.6 is 0 Å². The quantitative estimate of drug-likeness (QED) is 0.743. The first-order valence-electron chi connectivity index (χ1n) is 5.75. The molecule has 0 aliphatic heterocycles. The van der Waals surface area contributed by atoms with Crippen molar-refractivity contribution < 1.29 is 22.3 Å². The molecule has 106 valence electrons. The molecule has 0 aromatic heterocycles. The maximum atomic E-state index is 13.6. The van der Waals surface area contributed by atoms with E-state index in [-0.39, 0.29) is 6.54 Å². The van der Waals surface area contributed by atoms with Gasteiger partial charge in [0.15, 0.2) is 0 Å². The second-order valence-electron chi connectivity index (χ2n) is 3.85. The Bertz CT molecular complexity index is 544. The lowest BCUT2D eigenvalue weighted by molar-refractivity contribution is -0.140. The van der Waals surface area contributed by atoms with Crippen molar-refractivity contribution >= 4 is 16.0 Å². The van der Waals surface area contributed by atoms with Crippen molar-refractivity contribution in [2.45, 2.75) is 18.2 Å². The molecule has 0 aliphatic rings. The van der Waals surface area contributed by atoms with Gasteiger partial charge in [0.2, 0.25) is 10.0 Å². The van der Waals surface area contributed by atoms with E-state index in [1.54, 1.807) is 6.92 Å². The summed E-state index contributed by atoms with van der Waals surface area (Å²) in [5, 5.41) is 0. The Morgan fingerprint density at radius 1 is 1.37 bits per heavy atom. The molecule has 0 amide bonds. The van der Waals surface area contributed by atoms with Crippen molar-refractivity contribution in [1.82, 2.24) is 4.31 Å². The third kappa shape index (κ3) is 3.74. The van der Waals surface area contributed by atoms with Crippen LogP contribution in [0.5, 0.6) is 0 Å². The number of ether oxygens (including phenoxy) is 1. The molecule has 0 unspecified atom stereocenters. The molecule has 5 nitrogen and oxygen atoms in total. The lowest BCUT2D eigenvalue weighted by Crippen LogP contribution is -2.37. The summed E-state index contributed by atoms with van der Waals surface area (Å²) in [5.41, 5.74) is 0. The minimum absolute atomic E-state index is 0.117. The van der Waals surface area contributed by atoms with E-state index in [0.717, 1.165) is 10.4 Å². The second kappa shape index (κ2) is 6.63. The Hall–Kier alpha value is -1.47. The molecule has 1 aromatic carbocycles. The summed E-state index contributed by atoms with van der Waals surface area (Å²) in [7, 11) is -2.87. The highest BCUT2D eigenvalue weighted by atomic mass is 32.2. The van der Waals surface area contributed by atoms with Crippen LogP contribution in [0.15, 0.2) is 29.2 Å². The number of esters is 1. The Balaban J connectivity index is 3.13. The lowest BCUT2D eigenvalue weighted by atomic mass is 10.3. The largest absolute Gasteiger partial charge is 0.468 e. The number of hydrogen-bond donors (Lipinski definition) is 0. The first-order valence-corrected chi connectivity index (χ1v) is 7.19. The SMILES string of the molecule is CCCN(CC(=O)OC)S(=O)(=O)c1ccccc1F. The van der Waals surface area contributed by atoms with Crippen LogP contribution in [-0.4, -0.2) is 38.9 Å². The summed E-state index contributed by atoms with van der Waals surface area (Å²) in [5.74, 6) is -1.53. The molecule has 0 atom stereocenters. The summed E-state index contributed by atoms with van der Waals surface area (Å²) in [6, 6.07) is 5.07. The zero-order valence-corrected chi connectivity index (χ0v) is 11.6. The smallest absolute Gasteiger partial charge is 0.321 e. The molecule has 0 saturated carbocycles. The molecule has 0 radical (unpaired) electrons. The van der Waals surface area contributed by atoms with Crippen molar-refractivity contribution in [1.29, 1.82) is 0 Å².